The molecule has 0 saturated carbocycles. The molecular formula is C10H17N3OS. The first kappa shape index (κ1) is 12.1. The van der Waals surface area contributed by atoms with Crippen LogP contribution in [0.4, 0.5) is 0 Å². The van der Waals surface area contributed by atoms with Crippen molar-refractivity contribution < 1.29 is 4.79 Å². The molecule has 4 nitrogen and oxygen atoms in total. The fraction of sp³-hybridized carbons (Fsp3) is 0.500. The second-order valence-corrected chi connectivity index (χ2v) is 4.31. The number of carbonyl (C=O) groups is 1. The van der Waals surface area contributed by atoms with E-state index in [0.717, 1.165) is 17.7 Å². The van der Waals surface area contributed by atoms with Gasteiger partial charge in [0.25, 0.3) is 0 Å². The maximum atomic E-state index is 11.5. The van der Waals surface area contributed by atoms with E-state index >= 15 is 0 Å². The zero-order valence-electron chi connectivity index (χ0n) is 8.82. The van der Waals surface area contributed by atoms with Gasteiger partial charge >= 0.3 is 0 Å². The van der Waals surface area contributed by atoms with Gasteiger partial charge in [0.05, 0.1) is 6.04 Å². The number of rotatable bonds is 6. The minimum atomic E-state index is -0.392. The number of aromatic amines is 1. The zero-order chi connectivity index (χ0) is 11.1. The number of hydrogen-bond donors (Lipinski definition) is 3. The van der Waals surface area contributed by atoms with Gasteiger partial charge in [-0.3, -0.25) is 4.79 Å². The van der Waals surface area contributed by atoms with E-state index in [1.165, 1.54) is 0 Å². The fourth-order valence-electron chi connectivity index (χ4n) is 1.16. The Labute approximate surface area is 94.0 Å². The topological polar surface area (TPSA) is 70.9 Å². The highest BCUT2D eigenvalue weighted by atomic mass is 32.2. The van der Waals surface area contributed by atoms with Crippen LogP contribution in [-0.4, -0.2) is 28.9 Å². The molecule has 84 valence electrons. The Morgan fingerprint density at radius 3 is 3.13 bits per heavy atom. The summed E-state index contributed by atoms with van der Waals surface area (Å²) in [7, 11) is 0. The molecule has 1 atom stereocenters. The summed E-state index contributed by atoms with van der Waals surface area (Å²) in [5.74, 6) is 0.837. The Kier molecular flexibility index (Phi) is 5.28. The molecule has 0 aliphatic carbocycles. The monoisotopic (exact) mass is 227 g/mol. The van der Waals surface area contributed by atoms with Crippen LogP contribution >= 0.6 is 11.8 Å². The van der Waals surface area contributed by atoms with Gasteiger partial charge < -0.3 is 16.0 Å². The van der Waals surface area contributed by atoms with Crippen molar-refractivity contribution in [1.82, 2.24) is 10.3 Å². The highest BCUT2D eigenvalue weighted by molar-refractivity contribution is 7.98. The number of hydrogen-bond acceptors (Lipinski definition) is 3. The van der Waals surface area contributed by atoms with Crippen molar-refractivity contribution in [2.24, 2.45) is 5.73 Å². The van der Waals surface area contributed by atoms with Crippen LogP contribution < -0.4 is 11.1 Å². The van der Waals surface area contributed by atoms with Gasteiger partial charge in [0.1, 0.15) is 0 Å². The Balaban J connectivity index is 2.23. The van der Waals surface area contributed by atoms with E-state index < -0.39 is 6.04 Å². The normalized spacial score (nSPS) is 12.4. The van der Waals surface area contributed by atoms with Crippen LogP contribution in [0.3, 0.4) is 0 Å². The lowest BCUT2D eigenvalue weighted by molar-refractivity contribution is -0.122. The molecule has 0 aliphatic heterocycles. The lowest BCUT2D eigenvalue weighted by atomic mass is 10.2. The van der Waals surface area contributed by atoms with Crippen LogP contribution in [0.15, 0.2) is 18.5 Å². The van der Waals surface area contributed by atoms with Gasteiger partial charge in [-0.1, -0.05) is 0 Å². The van der Waals surface area contributed by atoms with Gasteiger partial charge in [0.2, 0.25) is 5.91 Å². The van der Waals surface area contributed by atoms with Gasteiger partial charge in [-0.15, -0.1) is 0 Å². The molecule has 4 N–H and O–H groups in total. The van der Waals surface area contributed by atoms with Gasteiger partial charge in [-0.25, -0.2) is 0 Å². The highest BCUT2D eigenvalue weighted by Gasteiger charge is 2.11. The Bertz CT molecular complexity index is 287. The minimum Gasteiger partial charge on any atom is -0.367 e. The summed E-state index contributed by atoms with van der Waals surface area (Å²) in [4.78, 5) is 14.4. The molecule has 0 aromatic carbocycles. The number of amides is 1. The van der Waals surface area contributed by atoms with Crippen molar-refractivity contribution in [1.29, 1.82) is 0 Å². The van der Waals surface area contributed by atoms with Gasteiger partial charge in [0.15, 0.2) is 0 Å². The minimum absolute atomic E-state index is 0.0785. The average Bonchev–Trinajstić information content (AvgIpc) is 2.75. The average molecular weight is 227 g/mol. The smallest absolute Gasteiger partial charge is 0.237 e. The van der Waals surface area contributed by atoms with Crippen LogP contribution in [0.25, 0.3) is 0 Å². The molecule has 1 heterocycles. The summed E-state index contributed by atoms with van der Waals surface area (Å²) >= 11 is 1.70. The molecule has 0 bridgehead atoms. The lowest BCUT2D eigenvalue weighted by Gasteiger charge is -2.10. The standard InChI is InChI=1S/C10H17N3OS/c1-15-5-3-9(11)10(14)13-7-8-2-4-12-6-8/h2,4,6,9,12H,3,5,7,11H2,1H3,(H,13,14)/t9-/m0/s1. The molecule has 0 radical (unpaired) electrons. The summed E-state index contributed by atoms with van der Waals surface area (Å²) in [5.41, 5.74) is 6.77. The van der Waals surface area contributed by atoms with E-state index in [0.29, 0.717) is 6.54 Å². The molecule has 0 saturated heterocycles. The summed E-state index contributed by atoms with van der Waals surface area (Å²) in [6, 6.07) is 1.53. The second-order valence-electron chi connectivity index (χ2n) is 3.33. The summed E-state index contributed by atoms with van der Waals surface area (Å²) < 4.78 is 0. The van der Waals surface area contributed by atoms with E-state index in [-0.39, 0.29) is 5.91 Å². The molecule has 1 rings (SSSR count). The maximum Gasteiger partial charge on any atom is 0.237 e. The third-order valence-corrected chi connectivity index (χ3v) is 2.74. The molecule has 15 heavy (non-hydrogen) atoms. The molecule has 0 fully saturated rings. The van der Waals surface area contributed by atoms with Crippen LogP contribution in [0.2, 0.25) is 0 Å². The van der Waals surface area contributed by atoms with Gasteiger partial charge in [0, 0.05) is 18.9 Å². The van der Waals surface area contributed by atoms with Crippen molar-refractivity contribution in [3.8, 4) is 0 Å². The molecule has 5 heteroatoms. The van der Waals surface area contributed by atoms with Gasteiger partial charge in [-0.2, -0.15) is 11.8 Å². The van der Waals surface area contributed by atoms with Crippen molar-refractivity contribution in [3.05, 3.63) is 24.0 Å². The molecule has 1 aromatic rings. The van der Waals surface area contributed by atoms with Crippen LogP contribution in [0.1, 0.15) is 12.0 Å². The fourth-order valence-corrected chi connectivity index (χ4v) is 1.65. The summed E-state index contributed by atoms with van der Waals surface area (Å²) in [6.07, 6.45) is 6.41. The number of nitrogens with two attached hydrogens (primary N) is 1. The maximum absolute atomic E-state index is 11.5. The first-order chi connectivity index (χ1) is 7.24. The number of thioether (sulfide) groups is 1. The second kappa shape index (κ2) is 6.53. The molecular weight excluding hydrogens is 210 g/mol. The predicted molar refractivity (Wildman–Crippen MR) is 63.6 cm³/mol. The molecule has 0 unspecified atom stereocenters. The van der Waals surface area contributed by atoms with E-state index in [4.69, 9.17) is 5.73 Å². The zero-order valence-corrected chi connectivity index (χ0v) is 9.64. The molecule has 0 aliphatic rings. The van der Waals surface area contributed by atoms with E-state index in [1.54, 1.807) is 11.8 Å². The largest absolute Gasteiger partial charge is 0.367 e. The summed E-state index contributed by atoms with van der Waals surface area (Å²) in [5, 5.41) is 2.80. The molecule has 0 spiro atoms. The van der Waals surface area contributed by atoms with Crippen molar-refractivity contribution in [2.75, 3.05) is 12.0 Å². The number of nitrogens with one attached hydrogen (secondary N) is 2. The Hall–Kier alpha value is -0.940. The Morgan fingerprint density at radius 1 is 1.73 bits per heavy atom. The lowest BCUT2D eigenvalue weighted by Crippen LogP contribution is -2.40. The highest BCUT2D eigenvalue weighted by Crippen LogP contribution is 2.00. The molecule has 1 amide bonds. The van der Waals surface area contributed by atoms with Crippen molar-refractivity contribution in [2.45, 2.75) is 19.0 Å². The first-order valence-corrected chi connectivity index (χ1v) is 6.27. The van der Waals surface area contributed by atoms with E-state index in [2.05, 4.69) is 10.3 Å². The van der Waals surface area contributed by atoms with Crippen LogP contribution in [0, 0.1) is 0 Å². The SMILES string of the molecule is CSCC[C@H](N)C(=O)NCc1cc[nH]c1. The predicted octanol–water partition coefficient (Wildman–Crippen LogP) is 0.711. The number of H-pyrrole nitrogens is 1. The third kappa shape index (κ3) is 4.40. The van der Waals surface area contributed by atoms with Crippen LogP contribution in [0.5, 0.6) is 0 Å². The van der Waals surface area contributed by atoms with Gasteiger partial charge in [-0.05, 0) is 30.1 Å². The van der Waals surface area contributed by atoms with Crippen LogP contribution in [-0.2, 0) is 11.3 Å². The Morgan fingerprint density at radius 2 is 2.53 bits per heavy atom. The first-order valence-electron chi connectivity index (χ1n) is 4.88. The van der Waals surface area contributed by atoms with Crippen molar-refractivity contribution in [3.63, 3.8) is 0 Å². The van der Waals surface area contributed by atoms with Crippen molar-refractivity contribution >= 4 is 17.7 Å². The quantitative estimate of drug-likeness (QED) is 0.670. The van der Waals surface area contributed by atoms with E-state index in [1.807, 2.05) is 24.7 Å². The number of carbonyl (C=O) groups excluding carboxylic acids is 1. The third-order valence-electron chi connectivity index (χ3n) is 2.10. The molecule has 1 aromatic heterocycles. The summed E-state index contributed by atoms with van der Waals surface area (Å²) in [6.45, 7) is 0.537. The number of aromatic nitrogens is 1. The van der Waals surface area contributed by atoms with E-state index in [9.17, 15) is 4.79 Å².